The van der Waals surface area contributed by atoms with Gasteiger partial charge in [-0.2, -0.15) is 0 Å². The number of hydrogen-bond acceptors (Lipinski definition) is 0. The predicted molar refractivity (Wildman–Crippen MR) is 73.7 cm³/mol. The van der Waals surface area contributed by atoms with Crippen molar-refractivity contribution in [2.24, 2.45) is 11.8 Å². The molecule has 0 saturated heterocycles. The van der Waals surface area contributed by atoms with E-state index in [2.05, 4.69) is 30.9 Å². The summed E-state index contributed by atoms with van der Waals surface area (Å²) in [7, 11) is 0. The Balaban J connectivity index is 1.92. The van der Waals surface area contributed by atoms with Crippen LogP contribution in [0.5, 0.6) is 0 Å². The van der Waals surface area contributed by atoms with Crippen molar-refractivity contribution in [3.05, 3.63) is 47.6 Å². The van der Waals surface area contributed by atoms with Crippen molar-refractivity contribution in [1.29, 1.82) is 0 Å². The molecule has 0 aromatic rings. The van der Waals surface area contributed by atoms with E-state index in [0.29, 0.717) is 0 Å². The second-order valence-corrected chi connectivity index (χ2v) is 5.65. The van der Waals surface area contributed by atoms with E-state index in [0.717, 1.165) is 11.8 Å². The van der Waals surface area contributed by atoms with Gasteiger partial charge in [-0.05, 0) is 61.5 Å². The van der Waals surface area contributed by atoms with Gasteiger partial charge in [0.2, 0.25) is 0 Å². The van der Waals surface area contributed by atoms with E-state index in [-0.39, 0.29) is 0 Å². The highest BCUT2D eigenvalue weighted by Gasteiger charge is 2.29. The van der Waals surface area contributed by atoms with Gasteiger partial charge in [-0.25, -0.2) is 0 Å². The molecule has 3 aliphatic carbocycles. The van der Waals surface area contributed by atoms with Gasteiger partial charge in [0.25, 0.3) is 0 Å². The van der Waals surface area contributed by atoms with Crippen LogP contribution in [-0.4, -0.2) is 0 Å². The van der Waals surface area contributed by atoms with Crippen LogP contribution >= 0.6 is 0 Å². The van der Waals surface area contributed by atoms with Crippen LogP contribution in [0.3, 0.4) is 0 Å². The van der Waals surface area contributed by atoms with Crippen molar-refractivity contribution >= 4 is 0 Å². The highest BCUT2D eigenvalue weighted by molar-refractivity contribution is 5.49. The van der Waals surface area contributed by atoms with Crippen LogP contribution in [-0.2, 0) is 0 Å². The Labute approximate surface area is 105 Å². The minimum Gasteiger partial charge on any atom is -0.103 e. The highest BCUT2D eigenvalue weighted by atomic mass is 14.3. The van der Waals surface area contributed by atoms with Crippen molar-refractivity contribution in [2.45, 2.75) is 44.9 Å². The molecule has 3 rings (SSSR count). The molecule has 0 spiro atoms. The SMILES string of the molecule is C=CCC1CCCC2C=C3CCCC=C3C=C21. The summed E-state index contributed by atoms with van der Waals surface area (Å²) >= 11 is 0. The number of rotatable bonds is 2. The maximum atomic E-state index is 3.92. The van der Waals surface area contributed by atoms with Crippen LogP contribution in [0.4, 0.5) is 0 Å². The van der Waals surface area contributed by atoms with Crippen LogP contribution in [0.25, 0.3) is 0 Å². The molecule has 0 aromatic carbocycles. The third-order valence-corrected chi connectivity index (χ3v) is 4.53. The third-order valence-electron chi connectivity index (χ3n) is 4.53. The van der Waals surface area contributed by atoms with E-state index >= 15 is 0 Å². The lowest BCUT2D eigenvalue weighted by Crippen LogP contribution is -2.21. The molecular formula is C17H22. The topological polar surface area (TPSA) is 0 Å². The summed E-state index contributed by atoms with van der Waals surface area (Å²) in [6.45, 7) is 3.92. The van der Waals surface area contributed by atoms with E-state index in [1.807, 2.05) is 0 Å². The molecule has 1 fully saturated rings. The summed E-state index contributed by atoms with van der Waals surface area (Å²) in [6.07, 6.45) is 18.9. The number of fused-ring (bicyclic) bond motifs is 2. The van der Waals surface area contributed by atoms with Crippen LogP contribution in [0, 0.1) is 11.8 Å². The fourth-order valence-corrected chi connectivity index (χ4v) is 3.66. The van der Waals surface area contributed by atoms with Gasteiger partial charge in [0.15, 0.2) is 0 Å². The molecule has 2 unspecified atom stereocenters. The Morgan fingerprint density at radius 2 is 2.24 bits per heavy atom. The van der Waals surface area contributed by atoms with Gasteiger partial charge in [0, 0.05) is 0 Å². The lowest BCUT2D eigenvalue weighted by atomic mass is 9.70. The standard InChI is InChI=1S/C17H22/c1-2-6-13-9-5-10-16-11-14-7-3-4-8-15(14)12-17(13)16/h2,8,11-13,16H,1,3-7,9-10H2. The second kappa shape index (κ2) is 4.68. The molecule has 1 saturated carbocycles. The van der Waals surface area contributed by atoms with Gasteiger partial charge in [-0.15, -0.1) is 6.58 Å². The summed E-state index contributed by atoms with van der Waals surface area (Å²) < 4.78 is 0. The fourth-order valence-electron chi connectivity index (χ4n) is 3.66. The molecule has 0 radical (unpaired) electrons. The largest absolute Gasteiger partial charge is 0.103 e. The monoisotopic (exact) mass is 226 g/mol. The van der Waals surface area contributed by atoms with Crippen molar-refractivity contribution in [1.82, 2.24) is 0 Å². The Morgan fingerprint density at radius 3 is 3.12 bits per heavy atom. The Morgan fingerprint density at radius 1 is 1.29 bits per heavy atom. The first-order valence-electron chi connectivity index (χ1n) is 7.12. The van der Waals surface area contributed by atoms with Crippen molar-refractivity contribution in [3.63, 3.8) is 0 Å². The van der Waals surface area contributed by atoms with Crippen LogP contribution in [0.15, 0.2) is 47.6 Å². The fraction of sp³-hybridized carbons (Fsp3) is 0.529. The summed E-state index contributed by atoms with van der Waals surface area (Å²) in [6, 6.07) is 0. The van der Waals surface area contributed by atoms with Crippen LogP contribution in [0.1, 0.15) is 44.9 Å². The summed E-state index contributed by atoms with van der Waals surface area (Å²) in [4.78, 5) is 0. The lowest BCUT2D eigenvalue weighted by molar-refractivity contribution is 0.403. The van der Waals surface area contributed by atoms with Gasteiger partial charge in [-0.1, -0.05) is 36.3 Å². The van der Waals surface area contributed by atoms with Gasteiger partial charge in [-0.3, -0.25) is 0 Å². The minimum absolute atomic E-state index is 0.749. The molecule has 0 heteroatoms. The molecule has 2 atom stereocenters. The molecule has 0 heterocycles. The van der Waals surface area contributed by atoms with Gasteiger partial charge < -0.3 is 0 Å². The molecular weight excluding hydrogens is 204 g/mol. The third kappa shape index (κ3) is 2.06. The molecule has 0 N–H and O–H groups in total. The van der Waals surface area contributed by atoms with Gasteiger partial charge in [0.1, 0.15) is 0 Å². The average Bonchev–Trinajstić information content (AvgIpc) is 2.37. The van der Waals surface area contributed by atoms with E-state index in [4.69, 9.17) is 0 Å². The molecule has 90 valence electrons. The van der Waals surface area contributed by atoms with Crippen molar-refractivity contribution in [3.8, 4) is 0 Å². The van der Waals surface area contributed by atoms with Crippen LogP contribution in [0.2, 0.25) is 0 Å². The lowest BCUT2D eigenvalue weighted by Gasteiger charge is -2.35. The molecule has 0 amide bonds. The maximum absolute atomic E-state index is 3.92. The number of allylic oxidation sites excluding steroid dienone is 7. The first-order valence-corrected chi connectivity index (χ1v) is 7.12. The number of hydrogen-bond donors (Lipinski definition) is 0. The molecule has 0 aromatic heterocycles. The molecule has 0 aliphatic heterocycles. The normalized spacial score (nSPS) is 31.6. The molecule has 3 aliphatic rings. The first kappa shape index (κ1) is 11.1. The maximum Gasteiger partial charge on any atom is -0.00110 e. The quantitative estimate of drug-likeness (QED) is 0.584. The average molecular weight is 226 g/mol. The Bertz CT molecular complexity index is 406. The smallest absolute Gasteiger partial charge is 0.00110 e. The highest BCUT2D eigenvalue weighted by Crippen LogP contribution is 2.43. The van der Waals surface area contributed by atoms with Crippen molar-refractivity contribution < 1.29 is 0 Å². The summed E-state index contributed by atoms with van der Waals surface area (Å²) in [5.74, 6) is 1.52. The molecule has 0 nitrogen and oxygen atoms in total. The first-order chi connectivity index (χ1) is 8.38. The summed E-state index contributed by atoms with van der Waals surface area (Å²) in [5.41, 5.74) is 4.87. The zero-order valence-corrected chi connectivity index (χ0v) is 10.6. The van der Waals surface area contributed by atoms with Gasteiger partial charge in [0.05, 0.1) is 0 Å². The minimum atomic E-state index is 0.749. The van der Waals surface area contributed by atoms with E-state index in [9.17, 15) is 0 Å². The Kier molecular flexibility index (Phi) is 3.05. The zero-order chi connectivity index (χ0) is 11.7. The van der Waals surface area contributed by atoms with Crippen molar-refractivity contribution in [2.75, 3.05) is 0 Å². The summed E-state index contributed by atoms with van der Waals surface area (Å²) in [5, 5.41) is 0. The van der Waals surface area contributed by atoms with Gasteiger partial charge >= 0.3 is 0 Å². The van der Waals surface area contributed by atoms with Crippen LogP contribution < -0.4 is 0 Å². The van der Waals surface area contributed by atoms with E-state index in [1.165, 1.54) is 44.9 Å². The van der Waals surface area contributed by atoms with E-state index < -0.39 is 0 Å². The zero-order valence-electron chi connectivity index (χ0n) is 10.6. The van der Waals surface area contributed by atoms with E-state index in [1.54, 1.807) is 16.7 Å². The molecule has 0 bridgehead atoms. The predicted octanol–water partition coefficient (Wildman–Crippen LogP) is 4.96. The second-order valence-electron chi connectivity index (χ2n) is 5.65. The molecule has 17 heavy (non-hydrogen) atoms. The Hall–Kier alpha value is -1.04.